The van der Waals surface area contributed by atoms with Gasteiger partial charge in [-0.3, -0.25) is 9.59 Å². The number of carboxylic acid groups (broad SMARTS) is 1. The third-order valence-electron chi connectivity index (χ3n) is 4.56. The second-order valence-electron chi connectivity index (χ2n) is 5.85. The number of carbonyl (C=O) groups is 2. The van der Waals surface area contributed by atoms with Crippen LogP contribution in [0.4, 0.5) is 11.4 Å². The van der Waals surface area contributed by atoms with Crippen molar-refractivity contribution in [3.63, 3.8) is 0 Å². The molecule has 0 spiro atoms. The van der Waals surface area contributed by atoms with Gasteiger partial charge in [0.25, 0.3) is 5.91 Å². The normalized spacial score (nSPS) is 19.3. The number of fused-ring (bicyclic) bond motifs is 1. The molecule has 0 aliphatic carbocycles. The number of hydrogen-bond donors (Lipinski definition) is 1. The average Bonchev–Trinajstić information content (AvgIpc) is 2.78. The summed E-state index contributed by atoms with van der Waals surface area (Å²) < 4.78 is 0. The number of anilines is 2. The highest BCUT2D eigenvalue weighted by atomic mass is 35.5. The molecule has 0 bridgehead atoms. The summed E-state index contributed by atoms with van der Waals surface area (Å²) in [6, 6.07) is 14.3. The summed E-state index contributed by atoms with van der Waals surface area (Å²) in [5.41, 5.74) is 0.853. The topological polar surface area (TPSA) is 60.9 Å². The second-order valence-corrected chi connectivity index (χ2v) is 6.28. The Balaban J connectivity index is 2.20. The smallest absolute Gasteiger partial charge is 0.306 e. The standard InChI is InChI=1S/C18H17ClN2O3/c1-20-15-6-4-3-5-14(15)18(17(20)24,11-16(22)23)21(2)13-9-7-12(19)8-10-13/h3-10H,11H2,1-2H3,(H,22,23). The van der Waals surface area contributed by atoms with Crippen molar-refractivity contribution in [2.24, 2.45) is 0 Å². The third-order valence-corrected chi connectivity index (χ3v) is 4.81. The number of amides is 1. The van der Waals surface area contributed by atoms with E-state index in [0.717, 1.165) is 11.4 Å². The molecule has 124 valence electrons. The van der Waals surface area contributed by atoms with Crippen LogP contribution in [0.3, 0.4) is 0 Å². The molecule has 2 aromatic rings. The Morgan fingerprint density at radius 1 is 1.21 bits per heavy atom. The van der Waals surface area contributed by atoms with Crippen molar-refractivity contribution in [2.75, 3.05) is 23.9 Å². The van der Waals surface area contributed by atoms with Crippen LogP contribution in [0.25, 0.3) is 0 Å². The monoisotopic (exact) mass is 344 g/mol. The van der Waals surface area contributed by atoms with Gasteiger partial charge in [-0.25, -0.2) is 0 Å². The SMILES string of the molecule is CN1C(=O)C(CC(=O)O)(N(C)c2ccc(Cl)cc2)c2ccccc21. The maximum absolute atomic E-state index is 13.1. The first kappa shape index (κ1) is 16.3. The molecule has 1 amide bonds. The van der Waals surface area contributed by atoms with Crippen LogP contribution >= 0.6 is 11.6 Å². The quantitative estimate of drug-likeness (QED) is 0.925. The van der Waals surface area contributed by atoms with E-state index in [2.05, 4.69) is 0 Å². The van der Waals surface area contributed by atoms with Crippen molar-refractivity contribution >= 4 is 34.9 Å². The summed E-state index contributed by atoms with van der Waals surface area (Å²) in [4.78, 5) is 27.9. The molecule has 0 aromatic heterocycles. The second kappa shape index (κ2) is 5.83. The molecule has 2 aromatic carbocycles. The highest BCUT2D eigenvalue weighted by Gasteiger charge is 2.54. The van der Waals surface area contributed by atoms with Crippen LogP contribution in [0.2, 0.25) is 5.02 Å². The third kappa shape index (κ3) is 2.32. The number of para-hydroxylation sites is 1. The Morgan fingerprint density at radius 2 is 1.83 bits per heavy atom. The molecule has 1 aliphatic rings. The van der Waals surface area contributed by atoms with Gasteiger partial charge in [-0.05, 0) is 30.3 Å². The Kier molecular flexibility index (Phi) is 3.97. The zero-order valence-electron chi connectivity index (χ0n) is 13.4. The highest BCUT2D eigenvalue weighted by Crippen LogP contribution is 2.46. The molecule has 6 heteroatoms. The average molecular weight is 345 g/mol. The largest absolute Gasteiger partial charge is 0.481 e. The number of benzene rings is 2. The fourth-order valence-electron chi connectivity index (χ4n) is 3.34. The van der Waals surface area contributed by atoms with Crippen molar-refractivity contribution in [2.45, 2.75) is 12.0 Å². The lowest BCUT2D eigenvalue weighted by Gasteiger charge is -2.38. The maximum Gasteiger partial charge on any atom is 0.306 e. The van der Waals surface area contributed by atoms with E-state index in [1.54, 1.807) is 43.3 Å². The van der Waals surface area contributed by atoms with Crippen LogP contribution in [-0.4, -0.2) is 31.1 Å². The number of hydrogen-bond acceptors (Lipinski definition) is 3. The van der Waals surface area contributed by atoms with Crippen molar-refractivity contribution < 1.29 is 14.7 Å². The van der Waals surface area contributed by atoms with Gasteiger partial charge in [-0.1, -0.05) is 29.8 Å². The summed E-state index contributed by atoms with van der Waals surface area (Å²) in [6.45, 7) is 0. The molecule has 0 saturated carbocycles. The van der Waals surface area contributed by atoms with Gasteiger partial charge in [0.2, 0.25) is 0 Å². The lowest BCUT2D eigenvalue weighted by Crippen LogP contribution is -2.52. The van der Waals surface area contributed by atoms with E-state index < -0.39 is 11.5 Å². The molecular formula is C18H17ClN2O3. The number of rotatable bonds is 4. The Labute approximate surface area is 145 Å². The van der Waals surface area contributed by atoms with Gasteiger partial charge in [-0.2, -0.15) is 0 Å². The van der Waals surface area contributed by atoms with Gasteiger partial charge in [0.1, 0.15) is 0 Å². The minimum absolute atomic E-state index is 0.261. The molecule has 0 saturated heterocycles. The van der Waals surface area contributed by atoms with Gasteiger partial charge < -0.3 is 14.9 Å². The summed E-state index contributed by atoms with van der Waals surface area (Å²) in [7, 11) is 3.40. The van der Waals surface area contributed by atoms with E-state index in [1.165, 1.54) is 4.90 Å². The van der Waals surface area contributed by atoms with E-state index in [9.17, 15) is 14.7 Å². The number of likely N-dealkylation sites (N-methyl/N-ethyl adjacent to an activating group) is 2. The van der Waals surface area contributed by atoms with Gasteiger partial charge in [-0.15, -0.1) is 0 Å². The van der Waals surface area contributed by atoms with E-state index >= 15 is 0 Å². The van der Waals surface area contributed by atoms with E-state index in [-0.39, 0.29) is 12.3 Å². The van der Waals surface area contributed by atoms with E-state index in [0.29, 0.717) is 10.6 Å². The number of carboxylic acids is 1. The summed E-state index contributed by atoms with van der Waals surface area (Å²) in [6.07, 6.45) is -0.327. The Morgan fingerprint density at radius 3 is 2.46 bits per heavy atom. The molecule has 1 atom stereocenters. The zero-order chi connectivity index (χ0) is 17.5. The lowest BCUT2D eigenvalue weighted by molar-refractivity contribution is -0.141. The summed E-state index contributed by atoms with van der Waals surface area (Å²) >= 11 is 5.94. The Bertz CT molecular complexity index is 806. The number of nitrogens with zero attached hydrogens (tertiary/aromatic N) is 2. The molecular weight excluding hydrogens is 328 g/mol. The van der Waals surface area contributed by atoms with Gasteiger partial charge in [0.15, 0.2) is 5.54 Å². The first-order valence-electron chi connectivity index (χ1n) is 7.47. The van der Waals surface area contributed by atoms with Crippen LogP contribution in [0.15, 0.2) is 48.5 Å². The molecule has 0 fully saturated rings. The lowest BCUT2D eigenvalue weighted by atomic mass is 9.85. The van der Waals surface area contributed by atoms with Gasteiger partial charge in [0.05, 0.1) is 6.42 Å². The van der Waals surface area contributed by atoms with Crippen LogP contribution in [0.1, 0.15) is 12.0 Å². The zero-order valence-corrected chi connectivity index (χ0v) is 14.1. The van der Waals surface area contributed by atoms with Crippen molar-refractivity contribution in [1.29, 1.82) is 0 Å². The van der Waals surface area contributed by atoms with Crippen LogP contribution in [-0.2, 0) is 15.1 Å². The highest BCUT2D eigenvalue weighted by molar-refractivity contribution is 6.30. The summed E-state index contributed by atoms with van der Waals surface area (Å²) in [5.74, 6) is -1.29. The number of halogens is 1. The van der Waals surface area contributed by atoms with Crippen LogP contribution < -0.4 is 9.80 Å². The predicted octanol–water partition coefficient (Wildman–Crippen LogP) is 3.12. The maximum atomic E-state index is 13.1. The molecule has 24 heavy (non-hydrogen) atoms. The van der Waals surface area contributed by atoms with Crippen molar-refractivity contribution in [3.8, 4) is 0 Å². The molecule has 1 heterocycles. The molecule has 1 N–H and O–H groups in total. The molecule has 1 unspecified atom stereocenters. The van der Waals surface area contributed by atoms with E-state index in [4.69, 9.17) is 11.6 Å². The van der Waals surface area contributed by atoms with Gasteiger partial charge in [0, 0.05) is 36.1 Å². The number of aliphatic carboxylic acids is 1. The van der Waals surface area contributed by atoms with Crippen molar-refractivity contribution in [1.82, 2.24) is 0 Å². The fourth-order valence-corrected chi connectivity index (χ4v) is 3.46. The fraction of sp³-hybridized carbons (Fsp3) is 0.222. The van der Waals surface area contributed by atoms with Gasteiger partial charge >= 0.3 is 5.97 Å². The van der Waals surface area contributed by atoms with E-state index in [1.807, 2.05) is 24.3 Å². The minimum atomic E-state index is -1.29. The van der Waals surface area contributed by atoms with Crippen LogP contribution in [0.5, 0.6) is 0 Å². The molecule has 0 radical (unpaired) electrons. The van der Waals surface area contributed by atoms with Crippen molar-refractivity contribution in [3.05, 3.63) is 59.1 Å². The summed E-state index contributed by atoms with van der Waals surface area (Å²) in [5, 5.41) is 10.1. The Hall–Kier alpha value is -2.53. The predicted molar refractivity (Wildman–Crippen MR) is 93.6 cm³/mol. The van der Waals surface area contributed by atoms with Crippen LogP contribution in [0, 0.1) is 0 Å². The minimum Gasteiger partial charge on any atom is -0.481 e. The number of carbonyl (C=O) groups excluding carboxylic acids is 1. The first-order valence-corrected chi connectivity index (χ1v) is 7.84. The first-order chi connectivity index (χ1) is 11.4. The molecule has 3 rings (SSSR count). The molecule has 5 nitrogen and oxygen atoms in total. The molecule has 1 aliphatic heterocycles.